The Morgan fingerprint density at radius 1 is 1.53 bits per heavy atom. The molecule has 2 heterocycles. The van der Waals surface area contributed by atoms with Gasteiger partial charge in [0.15, 0.2) is 0 Å². The molecular weight excluding hydrogens is 194 g/mol. The summed E-state index contributed by atoms with van der Waals surface area (Å²) in [5.41, 5.74) is 0. The number of aliphatic carboxylic acids is 1. The highest BCUT2D eigenvalue weighted by atomic mass is 16.4. The Balaban J connectivity index is 1.84. The summed E-state index contributed by atoms with van der Waals surface area (Å²) in [4.78, 5) is 12.5. The van der Waals surface area contributed by atoms with Gasteiger partial charge in [-0.15, -0.1) is 0 Å². The molecule has 1 aliphatic heterocycles. The van der Waals surface area contributed by atoms with Crippen LogP contribution >= 0.6 is 0 Å². The largest absolute Gasteiger partial charge is 0.480 e. The Morgan fingerprint density at radius 2 is 2.27 bits per heavy atom. The minimum absolute atomic E-state index is 0.158. The molecule has 0 amide bonds. The molecule has 2 rings (SSSR count). The quantitative estimate of drug-likeness (QED) is 0.820. The van der Waals surface area contributed by atoms with Crippen molar-refractivity contribution in [3.8, 4) is 0 Å². The van der Waals surface area contributed by atoms with Gasteiger partial charge in [-0.05, 0) is 38.1 Å². The number of rotatable bonds is 3. The Hall–Kier alpha value is -1.29. The van der Waals surface area contributed by atoms with Gasteiger partial charge in [0, 0.05) is 5.92 Å². The molecule has 82 valence electrons. The van der Waals surface area contributed by atoms with E-state index in [9.17, 15) is 4.79 Å². The lowest BCUT2D eigenvalue weighted by molar-refractivity contribution is -0.138. The average Bonchev–Trinajstić information content (AvgIpc) is 2.71. The average molecular weight is 209 g/mol. The number of carboxylic acids is 1. The topological polar surface area (TPSA) is 53.7 Å². The Labute approximate surface area is 88.5 Å². The summed E-state index contributed by atoms with van der Waals surface area (Å²) < 4.78 is 5.35. The van der Waals surface area contributed by atoms with E-state index >= 15 is 0 Å². The number of furan rings is 1. The van der Waals surface area contributed by atoms with Crippen LogP contribution in [0.5, 0.6) is 0 Å². The molecule has 0 aromatic carbocycles. The van der Waals surface area contributed by atoms with Crippen molar-refractivity contribution in [3.63, 3.8) is 0 Å². The van der Waals surface area contributed by atoms with Crippen molar-refractivity contribution in [1.29, 1.82) is 0 Å². The van der Waals surface area contributed by atoms with Crippen molar-refractivity contribution in [2.24, 2.45) is 0 Å². The number of carbonyl (C=O) groups is 1. The number of hydrogen-bond donors (Lipinski definition) is 1. The van der Waals surface area contributed by atoms with Gasteiger partial charge >= 0.3 is 5.97 Å². The Bertz CT molecular complexity index is 313. The normalized spacial score (nSPS) is 19.2. The summed E-state index contributed by atoms with van der Waals surface area (Å²) >= 11 is 0. The van der Waals surface area contributed by atoms with E-state index in [1.165, 1.54) is 0 Å². The summed E-state index contributed by atoms with van der Waals surface area (Å²) in [6.07, 6.45) is 3.67. The third kappa shape index (κ3) is 2.59. The molecule has 1 saturated heterocycles. The first-order chi connectivity index (χ1) is 7.25. The van der Waals surface area contributed by atoms with Gasteiger partial charge < -0.3 is 9.52 Å². The summed E-state index contributed by atoms with van der Waals surface area (Å²) in [6, 6.07) is 3.90. The molecule has 4 nitrogen and oxygen atoms in total. The molecule has 0 bridgehead atoms. The fourth-order valence-corrected chi connectivity index (χ4v) is 2.09. The third-order valence-electron chi connectivity index (χ3n) is 2.89. The first-order valence-corrected chi connectivity index (χ1v) is 5.23. The predicted molar refractivity (Wildman–Crippen MR) is 54.8 cm³/mol. The minimum Gasteiger partial charge on any atom is -0.480 e. The van der Waals surface area contributed by atoms with Gasteiger partial charge in [0.2, 0.25) is 0 Å². The summed E-state index contributed by atoms with van der Waals surface area (Å²) in [5, 5.41) is 8.66. The maximum absolute atomic E-state index is 10.5. The lowest BCUT2D eigenvalue weighted by Gasteiger charge is -2.29. The molecule has 1 N–H and O–H groups in total. The standard InChI is InChI=1S/C11H15NO3/c13-11(14)8-12-5-3-9(4-6-12)10-2-1-7-15-10/h1-2,7,9H,3-6,8H2,(H,13,14). The molecule has 1 aliphatic rings. The molecule has 4 heteroatoms. The molecule has 0 atom stereocenters. The van der Waals surface area contributed by atoms with Crippen LogP contribution in [-0.2, 0) is 4.79 Å². The van der Waals surface area contributed by atoms with Crippen LogP contribution < -0.4 is 0 Å². The smallest absolute Gasteiger partial charge is 0.317 e. The van der Waals surface area contributed by atoms with Crippen molar-refractivity contribution in [3.05, 3.63) is 24.2 Å². The van der Waals surface area contributed by atoms with Crippen molar-refractivity contribution >= 4 is 5.97 Å². The molecule has 1 aromatic heterocycles. The summed E-state index contributed by atoms with van der Waals surface area (Å²) in [6.45, 7) is 1.85. The zero-order valence-corrected chi connectivity index (χ0v) is 8.56. The lowest BCUT2D eigenvalue weighted by atomic mass is 9.94. The maximum Gasteiger partial charge on any atom is 0.317 e. The minimum atomic E-state index is -0.744. The highest BCUT2D eigenvalue weighted by Crippen LogP contribution is 2.27. The molecule has 0 radical (unpaired) electrons. The van der Waals surface area contributed by atoms with Gasteiger partial charge in [-0.1, -0.05) is 0 Å². The number of hydrogen-bond acceptors (Lipinski definition) is 3. The van der Waals surface area contributed by atoms with Crippen molar-refractivity contribution < 1.29 is 14.3 Å². The Morgan fingerprint density at radius 3 is 2.80 bits per heavy atom. The van der Waals surface area contributed by atoms with Crippen LogP contribution in [-0.4, -0.2) is 35.6 Å². The fraction of sp³-hybridized carbons (Fsp3) is 0.545. The van der Waals surface area contributed by atoms with E-state index in [-0.39, 0.29) is 6.54 Å². The number of carboxylic acid groups (broad SMARTS) is 1. The molecule has 0 spiro atoms. The van der Waals surface area contributed by atoms with Crippen LogP contribution in [0.4, 0.5) is 0 Å². The highest BCUT2D eigenvalue weighted by molar-refractivity contribution is 5.69. The summed E-state index contributed by atoms with van der Waals surface area (Å²) in [7, 11) is 0. The third-order valence-corrected chi connectivity index (χ3v) is 2.89. The van der Waals surface area contributed by atoms with Gasteiger partial charge in [0.25, 0.3) is 0 Å². The van der Waals surface area contributed by atoms with Gasteiger partial charge in [-0.3, -0.25) is 9.69 Å². The molecule has 0 unspecified atom stereocenters. The molecular formula is C11H15NO3. The first-order valence-electron chi connectivity index (χ1n) is 5.23. The second-order valence-electron chi connectivity index (χ2n) is 3.96. The highest BCUT2D eigenvalue weighted by Gasteiger charge is 2.23. The molecule has 1 fully saturated rings. The monoisotopic (exact) mass is 209 g/mol. The van der Waals surface area contributed by atoms with Crippen LogP contribution in [0.3, 0.4) is 0 Å². The second-order valence-corrected chi connectivity index (χ2v) is 3.96. The molecule has 1 aromatic rings. The van der Waals surface area contributed by atoms with Crippen LogP contribution in [0.15, 0.2) is 22.8 Å². The maximum atomic E-state index is 10.5. The van der Waals surface area contributed by atoms with E-state index in [0.717, 1.165) is 31.7 Å². The predicted octanol–water partition coefficient (Wildman–Crippen LogP) is 1.54. The van der Waals surface area contributed by atoms with Gasteiger partial charge in [-0.25, -0.2) is 0 Å². The summed E-state index contributed by atoms with van der Waals surface area (Å²) in [5.74, 6) is 0.751. The number of likely N-dealkylation sites (tertiary alicyclic amines) is 1. The van der Waals surface area contributed by atoms with E-state index in [2.05, 4.69) is 0 Å². The van der Waals surface area contributed by atoms with Crippen LogP contribution in [0.2, 0.25) is 0 Å². The zero-order valence-electron chi connectivity index (χ0n) is 8.56. The van der Waals surface area contributed by atoms with E-state index in [0.29, 0.717) is 5.92 Å². The van der Waals surface area contributed by atoms with Gasteiger partial charge in [-0.2, -0.15) is 0 Å². The van der Waals surface area contributed by atoms with Crippen LogP contribution in [0.25, 0.3) is 0 Å². The molecule has 0 saturated carbocycles. The first kappa shape index (κ1) is 10.2. The molecule has 15 heavy (non-hydrogen) atoms. The van der Waals surface area contributed by atoms with E-state index in [1.807, 2.05) is 17.0 Å². The molecule has 0 aliphatic carbocycles. The van der Waals surface area contributed by atoms with Crippen molar-refractivity contribution in [1.82, 2.24) is 4.90 Å². The van der Waals surface area contributed by atoms with Crippen LogP contribution in [0, 0.1) is 0 Å². The van der Waals surface area contributed by atoms with Crippen molar-refractivity contribution in [2.75, 3.05) is 19.6 Å². The lowest BCUT2D eigenvalue weighted by Crippen LogP contribution is -2.36. The van der Waals surface area contributed by atoms with Crippen molar-refractivity contribution in [2.45, 2.75) is 18.8 Å². The Kier molecular flexibility index (Phi) is 3.06. The van der Waals surface area contributed by atoms with Crippen LogP contribution in [0.1, 0.15) is 24.5 Å². The SMILES string of the molecule is O=C(O)CN1CCC(c2ccco2)CC1. The van der Waals surface area contributed by atoms with E-state index in [1.54, 1.807) is 6.26 Å². The number of nitrogens with zero attached hydrogens (tertiary/aromatic N) is 1. The van der Waals surface area contributed by atoms with Gasteiger partial charge in [0.05, 0.1) is 12.8 Å². The zero-order chi connectivity index (χ0) is 10.7. The van der Waals surface area contributed by atoms with E-state index in [4.69, 9.17) is 9.52 Å². The van der Waals surface area contributed by atoms with E-state index < -0.39 is 5.97 Å². The number of piperidine rings is 1. The fourth-order valence-electron chi connectivity index (χ4n) is 2.09. The second kappa shape index (κ2) is 4.49. The van der Waals surface area contributed by atoms with Gasteiger partial charge in [0.1, 0.15) is 5.76 Å².